The topological polar surface area (TPSA) is 78.4 Å². The van der Waals surface area contributed by atoms with Gasteiger partial charge in [0.2, 0.25) is 0 Å². The summed E-state index contributed by atoms with van der Waals surface area (Å²) < 4.78 is 13.4. The molecule has 1 aromatic carbocycles. The van der Waals surface area contributed by atoms with Crippen LogP contribution in [0.4, 0.5) is 9.18 Å². The molecule has 0 bridgehead atoms. The number of nitrogens with one attached hydrogen (secondary N) is 2. The summed E-state index contributed by atoms with van der Waals surface area (Å²) >= 11 is 0. The molecule has 5 nitrogen and oxygen atoms in total. The van der Waals surface area contributed by atoms with Crippen LogP contribution in [0.15, 0.2) is 24.3 Å². The van der Waals surface area contributed by atoms with Gasteiger partial charge < -0.3 is 15.7 Å². The molecule has 21 heavy (non-hydrogen) atoms. The van der Waals surface area contributed by atoms with Gasteiger partial charge in [-0.15, -0.1) is 0 Å². The summed E-state index contributed by atoms with van der Waals surface area (Å²) in [6.07, 6.45) is -0.170. The quantitative estimate of drug-likeness (QED) is 0.781. The highest BCUT2D eigenvalue weighted by Crippen LogP contribution is 2.21. The van der Waals surface area contributed by atoms with Gasteiger partial charge >= 0.3 is 12.0 Å². The second kappa shape index (κ2) is 7.06. The van der Waals surface area contributed by atoms with Crippen LogP contribution in [-0.2, 0) is 11.3 Å². The van der Waals surface area contributed by atoms with E-state index in [1.54, 1.807) is 18.2 Å². The Kier molecular flexibility index (Phi) is 5.69. The van der Waals surface area contributed by atoms with E-state index in [9.17, 15) is 14.0 Å². The Labute approximate surface area is 123 Å². The number of halogens is 1. The molecule has 0 aliphatic rings. The van der Waals surface area contributed by atoms with Crippen molar-refractivity contribution in [2.45, 2.75) is 39.8 Å². The Hall–Kier alpha value is -2.11. The third kappa shape index (κ3) is 5.81. The normalized spacial score (nSPS) is 12.6. The van der Waals surface area contributed by atoms with Gasteiger partial charge in [0.1, 0.15) is 5.82 Å². The van der Waals surface area contributed by atoms with E-state index < -0.39 is 29.3 Å². The first-order valence-corrected chi connectivity index (χ1v) is 6.69. The predicted octanol–water partition coefficient (Wildman–Crippen LogP) is 2.51. The van der Waals surface area contributed by atoms with E-state index in [-0.39, 0.29) is 13.0 Å². The number of benzene rings is 1. The number of carbonyl (C=O) groups excluding carboxylic acids is 1. The zero-order valence-corrected chi connectivity index (χ0v) is 12.4. The van der Waals surface area contributed by atoms with Gasteiger partial charge in [0.05, 0.1) is 6.42 Å². The fourth-order valence-electron chi connectivity index (χ4n) is 1.77. The lowest BCUT2D eigenvalue weighted by atomic mass is 9.85. The van der Waals surface area contributed by atoms with Crippen molar-refractivity contribution in [3.8, 4) is 0 Å². The van der Waals surface area contributed by atoms with E-state index >= 15 is 0 Å². The van der Waals surface area contributed by atoms with Crippen molar-refractivity contribution in [2.24, 2.45) is 5.41 Å². The van der Waals surface area contributed by atoms with E-state index in [1.165, 1.54) is 6.07 Å². The molecule has 116 valence electrons. The van der Waals surface area contributed by atoms with Gasteiger partial charge in [-0.2, -0.15) is 0 Å². The van der Waals surface area contributed by atoms with Crippen LogP contribution in [0.2, 0.25) is 0 Å². The van der Waals surface area contributed by atoms with E-state index in [1.807, 2.05) is 20.8 Å². The van der Waals surface area contributed by atoms with Crippen molar-refractivity contribution in [3.63, 3.8) is 0 Å². The molecule has 0 radical (unpaired) electrons. The molecular formula is C15H21FN2O3. The maximum atomic E-state index is 13.4. The maximum Gasteiger partial charge on any atom is 0.315 e. The molecule has 0 saturated heterocycles. The molecule has 0 aromatic heterocycles. The first kappa shape index (κ1) is 16.9. The lowest BCUT2D eigenvalue weighted by Crippen LogP contribution is -2.48. The van der Waals surface area contributed by atoms with Crippen LogP contribution in [0, 0.1) is 11.2 Å². The summed E-state index contributed by atoms with van der Waals surface area (Å²) in [5.74, 6) is -1.37. The monoisotopic (exact) mass is 296 g/mol. The van der Waals surface area contributed by atoms with Crippen molar-refractivity contribution in [2.75, 3.05) is 0 Å². The standard InChI is InChI=1S/C15H21FN2O3/c1-15(2,3)12(8-13(19)20)18-14(21)17-9-10-6-4-5-7-11(10)16/h4-7,12H,8-9H2,1-3H3,(H,19,20)(H2,17,18,21). The van der Waals surface area contributed by atoms with Crippen LogP contribution >= 0.6 is 0 Å². The molecule has 3 N–H and O–H groups in total. The van der Waals surface area contributed by atoms with Gasteiger partial charge in [-0.1, -0.05) is 39.0 Å². The van der Waals surface area contributed by atoms with Crippen LogP contribution in [0.3, 0.4) is 0 Å². The first-order chi connectivity index (χ1) is 9.70. The molecule has 1 unspecified atom stereocenters. The Bertz CT molecular complexity index is 512. The molecule has 1 aromatic rings. The lowest BCUT2D eigenvalue weighted by molar-refractivity contribution is -0.138. The fourth-order valence-corrected chi connectivity index (χ4v) is 1.77. The summed E-state index contributed by atoms with van der Waals surface area (Å²) in [6.45, 7) is 5.58. The van der Waals surface area contributed by atoms with Gasteiger partial charge in [-0.25, -0.2) is 9.18 Å². The predicted molar refractivity (Wildman–Crippen MR) is 77.3 cm³/mol. The molecule has 0 spiro atoms. The van der Waals surface area contributed by atoms with Gasteiger partial charge in [-0.3, -0.25) is 4.79 Å². The fraction of sp³-hybridized carbons (Fsp3) is 0.467. The average Bonchev–Trinajstić information content (AvgIpc) is 2.35. The third-order valence-corrected chi connectivity index (χ3v) is 3.13. The van der Waals surface area contributed by atoms with Gasteiger partial charge in [0, 0.05) is 18.2 Å². The van der Waals surface area contributed by atoms with E-state index in [0.717, 1.165) is 0 Å². The molecule has 1 atom stereocenters. The van der Waals surface area contributed by atoms with E-state index in [0.29, 0.717) is 5.56 Å². The minimum atomic E-state index is -0.982. The maximum absolute atomic E-state index is 13.4. The molecule has 0 saturated carbocycles. The van der Waals surface area contributed by atoms with Crippen LogP contribution < -0.4 is 10.6 Å². The number of amides is 2. The Morgan fingerprint density at radius 2 is 1.90 bits per heavy atom. The number of rotatable bonds is 5. The Morgan fingerprint density at radius 3 is 2.43 bits per heavy atom. The number of hydrogen-bond acceptors (Lipinski definition) is 2. The van der Waals surface area contributed by atoms with E-state index in [2.05, 4.69) is 10.6 Å². The second-order valence-corrected chi connectivity index (χ2v) is 5.93. The van der Waals surface area contributed by atoms with Crippen molar-refractivity contribution < 1.29 is 19.1 Å². The smallest absolute Gasteiger partial charge is 0.315 e. The second-order valence-electron chi connectivity index (χ2n) is 5.93. The molecule has 0 fully saturated rings. The van der Waals surface area contributed by atoms with E-state index in [4.69, 9.17) is 5.11 Å². The molecule has 0 aliphatic carbocycles. The minimum absolute atomic E-state index is 0.0441. The summed E-state index contributed by atoms with van der Waals surface area (Å²) in [6, 6.07) is 5.11. The third-order valence-electron chi connectivity index (χ3n) is 3.13. The summed E-state index contributed by atoms with van der Waals surface area (Å²) in [5, 5.41) is 14.0. The number of hydrogen-bond donors (Lipinski definition) is 3. The average molecular weight is 296 g/mol. The molecular weight excluding hydrogens is 275 g/mol. The van der Waals surface area contributed by atoms with Crippen LogP contribution in [0.5, 0.6) is 0 Å². The zero-order valence-electron chi connectivity index (χ0n) is 12.4. The summed E-state index contributed by atoms with van der Waals surface area (Å²) in [5.41, 5.74) is -0.0218. The van der Waals surface area contributed by atoms with Gasteiger partial charge in [-0.05, 0) is 11.5 Å². The molecule has 0 aliphatic heterocycles. The molecule has 6 heteroatoms. The highest BCUT2D eigenvalue weighted by molar-refractivity contribution is 5.75. The van der Waals surface area contributed by atoms with Crippen LogP contribution in [-0.4, -0.2) is 23.1 Å². The summed E-state index contributed by atoms with van der Waals surface area (Å²) in [7, 11) is 0. The van der Waals surface area contributed by atoms with Crippen molar-refractivity contribution in [1.29, 1.82) is 0 Å². The highest BCUT2D eigenvalue weighted by atomic mass is 19.1. The summed E-state index contributed by atoms with van der Waals surface area (Å²) in [4.78, 5) is 22.7. The number of carboxylic acids is 1. The SMILES string of the molecule is CC(C)(C)C(CC(=O)O)NC(=O)NCc1ccccc1F. The van der Waals surface area contributed by atoms with Crippen molar-refractivity contribution in [3.05, 3.63) is 35.6 Å². The number of aliphatic carboxylic acids is 1. The van der Waals surface area contributed by atoms with Crippen LogP contribution in [0.1, 0.15) is 32.8 Å². The van der Waals surface area contributed by atoms with Gasteiger partial charge in [0.15, 0.2) is 0 Å². The van der Waals surface area contributed by atoms with Gasteiger partial charge in [0.25, 0.3) is 0 Å². The molecule has 2 amide bonds. The van der Waals surface area contributed by atoms with Crippen molar-refractivity contribution in [1.82, 2.24) is 10.6 Å². The first-order valence-electron chi connectivity index (χ1n) is 6.69. The largest absolute Gasteiger partial charge is 0.481 e. The highest BCUT2D eigenvalue weighted by Gasteiger charge is 2.28. The zero-order chi connectivity index (χ0) is 16.0. The Balaban J connectivity index is 2.58. The number of carboxylic acid groups (broad SMARTS) is 1. The number of carbonyl (C=O) groups is 2. The Morgan fingerprint density at radius 1 is 1.29 bits per heavy atom. The molecule has 0 heterocycles. The van der Waals surface area contributed by atoms with Crippen LogP contribution in [0.25, 0.3) is 0 Å². The molecule has 1 rings (SSSR count). The van der Waals surface area contributed by atoms with Crippen molar-refractivity contribution >= 4 is 12.0 Å². The lowest BCUT2D eigenvalue weighted by Gasteiger charge is -2.30. The minimum Gasteiger partial charge on any atom is -0.481 e. The number of urea groups is 1.